The van der Waals surface area contributed by atoms with Gasteiger partial charge in [-0.1, -0.05) is 0 Å². The first-order valence-electron chi connectivity index (χ1n) is 6.39. The van der Waals surface area contributed by atoms with Crippen molar-refractivity contribution in [2.45, 2.75) is 32.7 Å². The van der Waals surface area contributed by atoms with Crippen LogP contribution in [0.25, 0.3) is 0 Å². The quantitative estimate of drug-likeness (QED) is 0.876. The van der Waals surface area contributed by atoms with Crippen LogP contribution in [0.1, 0.15) is 40.5 Å². The molecule has 1 aromatic heterocycles. The van der Waals surface area contributed by atoms with Crippen LogP contribution in [0, 0.1) is 13.8 Å². The standard InChI is InChI=1S/C13H17NO5S/c1-8-6-11(15)14(9(2)12(8)13(16)17)10-4-3-5-20(18,19)7-10/h6,10H,3-5,7H2,1-2H3,(H,16,17). The monoisotopic (exact) mass is 299 g/mol. The smallest absolute Gasteiger partial charge is 0.337 e. The second-order valence-corrected chi connectivity index (χ2v) is 7.44. The minimum Gasteiger partial charge on any atom is -0.478 e. The van der Waals surface area contributed by atoms with Gasteiger partial charge in [0.2, 0.25) is 0 Å². The number of hydrogen-bond donors (Lipinski definition) is 1. The lowest BCUT2D eigenvalue weighted by molar-refractivity contribution is 0.0694. The van der Waals surface area contributed by atoms with E-state index in [1.165, 1.54) is 10.6 Å². The highest BCUT2D eigenvalue weighted by molar-refractivity contribution is 7.91. The molecule has 20 heavy (non-hydrogen) atoms. The fourth-order valence-corrected chi connectivity index (χ4v) is 4.55. The lowest BCUT2D eigenvalue weighted by Crippen LogP contribution is -2.36. The normalized spacial score (nSPS) is 21.6. The Balaban J connectivity index is 2.60. The number of carbonyl (C=O) groups is 1. The first-order chi connectivity index (χ1) is 9.23. The van der Waals surface area contributed by atoms with Gasteiger partial charge in [-0.05, 0) is 32.3 Å². The number of aromatic carboxylic acids is 1. The van der Waals surface area contributed by atoms with Gasteiger partial charge in [0, 0.05) is 11.8 Å². The summed E-state index contributed by atoms with van der Waals surface area (Å²) in [5, 5.41) is 9.23. The van der Waals surface area contributed by atoms with Gasteiger partial charge >= 0.3 is 5.97 Å². The molecule has 0 radical (unpaired) electrons. The van der Waals surface area contributed by atoms with E-state index in [2.05, 4.69) is 0 Å². The zero-order valence-electron chi connectivity index (χ0n) is 11.4. The van der Waals surface area contributed by atoms with Crippen molar-refractivity contribution in [1.29, 1.82) is 0 Å². The van der Waals surface area contributed by atoms with E-state index in [-0.39, 0.29) is 22.6 Å². The number of nitrogens with zero attached hydrogens (tertiary/aromatic N) is 1. The second-order valence-electron chi connectivity index (χ2n) is 5.21. The van der Waals surface area contributed by atoms with Crippen molar-refractivity contribution in [1.82, 2.24) is 4.57 Å². The first kappa shape index (κ1) is 14.8. The molecule has 2 heterocycles. The third-order valence-electron chi connectivity index (χ3n) is 3.71. The van der Waals surface area contributed by atoms with Crippen LogP contribution in [0.5, 0.6) is 0 Å². The van der Waals surface area contributed by atoms with Gasteiger partial charge in [-0.15, -0.1) is 0 Å². The molecule has 1 aliphatic heterocycles. The van der Waals surface area contributed by atoms with Crippen LogP contribution in [0.2, 0.25) is 0 Å². The number of carboxylic acids is 1. The molecule has 1 unspecified atom stereocenters. The van der Waals surface area contributed by atoms with E-state index in [9.17, 15) is 23.1 Å². The van der Waals surface area contributed by atoms with Crippen LogP contribution in [-0.2, 0) is 9.84 Å². The van der Waals surface area contributed by atoms with Gasteiger partial charge in [-0.2, -0.15) is 0 Å². The van der Waals surface area contributed by atoms with E-state index in [4.69, 9.17) is 0 Å². The summed E-state index contributed by atoms with van der Waals surface area (Å²) in [4.78, 5) is 23.4. The molecule has 6 nitrogen and oxygen atoms in total. The molecule has 0 aromatic carbocycles. The van der Waals surface area contributed by atoms with Crippen molar-refractivity contribution in [3.8, 4) is 0 Å². The molecule has 0 bridgehead atoms. The summed E-state index contributed by atoms with van der Waals surface area (Å²) >= 11 is 0. The van der Waals surface area contributed by atoms with Crippen LogP contribution in [0.4, 0.5) is 0 Å². The maximum absolute atomic E-state index is 12.1. The average molecular weight is 299 g/mol. The Kier molecular flexibility index (Phi) is 3.73. The van der Waals surface area contributed by atoms with Crippen molar-refractivity contribution < 1.29 is 18.3 Å². The lowest BCUT2D eigenvalue weighted by atomic mass is 10.1. The maximum Gasteiger partial charge on any atom is 0.337 e. The predicted octanol–water partition coefficient (Wildman–Crippen LogP) is 0.913. The van der Waals surface area contributed by atoms with Crippen molar-refractivity contribution in [3.05, 3.63) is 33.2 Å². The van der Waals surface area contributed by atoms with Crippen LogP contribution in [0.15, 0.2) is 10.9 Å². The Morgan fingerprint density at radius 2 is 2.05 bits per heavy atom. The number of aromatic nitrogens is 1. The van der Waals surface area contributed by atoms with E-state index in [1.807, 2.05) is 0 Å². The summed E-state index contributed by atoms with van der Waals surface area (Å²) in [6, 6.07) is 0.789. The SMILES string of the molecule is Cc1cc(=O)n(C2CCCS(=O)(=O)C2)c(C)c1C(=O)O. The van der Waals surface area contributed by atoms with Crippen molar-refractivity contribution in [2.75, 3.05) is 11.5 Å². The highest BCUT2D eigenvalue weighted by Gasteiger charge is 2.29. The molecular weight excluding hydrogens is 282 g/mol. The Morgan fingerprint density at radius 1 is 1.40 bits per heavy atom. The van der Waals surface area contributed by atoms with Crippen LogP contribution < -0.4 is 5.56 Å². The van der Waals surface area contributed by atoms with Gasteiger partial charge in [0.1, 0.15) is 0 Å². The minimum absolute atomic E-state index is 0.0765. The van der Waals surface area contributed by atoms with E-state index in [0.717, 1.165) is 0 Å². The third kappa shape index (κ3) is 2.63. The number of carboxylic acid groups (broad SMARTS) is 1. The highest BCUT2D eigenvalue weighted by Crippen LogP contribution is 2.24. The second kappa shape index (κ2) is 5.05. The molecular formula is C13H17NO5S. The van der Waals surface area contributed by atoms with Crippen molar-refractivity contribution in [2.24, 2.45) is 0 Å². The number of aryl methyl sites for hydroxylation is 1. The van der Waals surface area contributed by atoms with E-state index < -0.39 is 21.8 Å². The molecule has 2 rings (SSSR count). The minimum atomic E-state index is -3.16. The molecule has 7 heteroatoms. The third-order valence-corrected chi connectivity index (χ3v) is 5.52. The van der Waals surface area contributed by atoms with E-state index >= 15 is 0 Å². The number of sulfone groups is 1. The van der Waals surface area contributed by atoms with E-state index in [1.54, 1.807) is 13.8 Å². The Hall–Kier alpha value is -1.63. The predicted molar refractivity (Wildman–Crippen MR) is 74.1 cm³/mol. The van der Waals surface area contributed by atoms with Crippen molar-refractivity contribution >= 4 is 15.8 Å². The largest absolute Gasteiger partial charge is 0.478 e. The molecule has 1 atom stereocenters. The molecule has 1 saturated heterocycles. The average Bonchev–Trinajstić information content (AvgIpc) is 2.25. The summed E-state index contributed by atoms with van der Waals surface area (Å²) in [6.07, 6.45) is 1.07. The number of hydrogen-bond acceptors (Lipinski definition) is 4. The van der Waals surface area contributed by atoms with Gasteiger partial charge in [-0.3, -0.25) is 4.79 Å². The summed E-state index contributed by atoms with van der Waals surface area (Å²) in [6.45, 7) is 3.12. The van der Waals surface area contributed by atoms with Crippen LogP contribution in [-0.4, -0.2) is 35.6 Å². The summed E-state index contributed by atoms with van der Waals surface area (Å²) in [5.74, 6) is -1.07. The first-order valence-corrected chi connectivity index (χ1v) is 8.21. The van der Waals surface area contributed by atoms with Crippen molar-refractivity contribution in [3.63, 3.8) is 0 Å². The number of pyridine rings is 1. The fraction of sp³-hybridized carbons (Fsp3) is 0.538. The van der Waals surface area contributed by atoms with Crippen LogP contribution >= 0.6 is 0 Å². The Bertz CT molecular complexity index is 717. The molecule has 0 amide bonds. The van der Waals surface area contributed by atoms with Gasteiger partial charge in [-0.25, -0.2) is 13.2 Å². The molecule has 0 spiro atoms. The summed E-state index contributed by atoms with van der Waals surface area (Å²) in [7, 11) is -3.16. The summed E-state index contributed by atoms with van der Waals surface area (Å²) < 4.78 is 24.7. The molecule has 1 aromatic rings. The Morgan fingerprint density at radius 3 is 2.60 bits per heavy atom. The molecule has 1 aliphatic rings. The zero-order valence-corrected chi connectivity index (χ0v) is 12.2. The lowest BCUT2D eigenvalue weighted by Gasteiger charge is -2.26. The molecule has 1 N–H and O–H groups in total. The molecule has 1 fully saturated rings. The number of rotatable bonds is 2. The zero-order chi connectivity index (χ0) is 15.1. The highest BCUT2D eigenvalue weighted by atomic mass is 32.2. The molecule has 0 aliphatic carbocycles. The Labute approximate surface area is 117 Å². The maximum atomic E-state index is 12.1. The van der Waals surface area contributed by atoms with Gasteiger partial charge in [0.15, 0.2) is 9.84 Å². The summed E-state index contributed by atoms with van der Waals surface area (Å²) in [5.41, 5.74) is 0.458. The van der Waals surface area contributed by atoms with Crippen LogP contribution in [0.3, 0.4) is 0 Å². The molecule has 0 saturated carbocycles. The van der Waals surface area contributed by atoms with Gasteiger partial charge in [0.25, 0.3) is 5.56 Å². The topological polar surface area (TPSA) is 93.4 Å². The molecule has 110 valence electrons. The van der Waals surface area contributed by atoms with Gasteiger partial charge < -0.3 is 9.67 Å². The fourth-order valence-electron chi connectivity index (χ4n) is 2.88. The van der Waals surface area contributed by atoms with Gasteiger partial charge in [0.05, 0.1) is 23.1 Å². The van der Waals surface area contributed by atoms with E-state index in [0.29, 0.717) is 24.1 Å².